The van der Waals surface area contributed by atoms with E-state index in [0.717, 1.165) is 5.92 Å². The Kier molecular flexibility index (Phi) is 3.67. The number of rotatable bonds is 3. The Morgan fingerprint density at radius 3 is 2.55 bits per heavy atom. The van der Waals surface area contributed by atoms with E-state index in [0.29, 0.717) is 0 Å². The van der Waals surface area contributed by atoms with Gasteiger partial charge in [0.2, 0.25) is 0 Å². The highest BCUT2D eigenvalue weighted by atomic mass is 14.6. The fraction of sp³-hybridized carbons (Fsp3) is 0.500. The molecule has 0 saturated heterocycles. The Morgan fingerprint density at radius 2 is 2.00 bits per heavy atom. The molecule has 0 spiro atoms. The van der Waals surface area contributed by atoms with Crippen molar-refractivity contribution in [3.63, 3.8) is 0 Å². The highest BCUT2D eigenvalue weighted by Crippen LogP contribution is 2.27. The molecule has 0 N–H and O–H groups in total. The monoisotopic (exact) mass is 149 g/mol. The van der Waals surface area contributed by atoms with E-state index >= 15 is 0 Å². The molecule has 1 nitrogen and oxygen atoms in total. The van der Waals surface area contributed by atoms with Gasteiger partial charge < -0.3 is 0 Å². The first-order chi connectivity index (χ1) is 5.43. The van der Waals surface area contributed by atoms with Crippen LogP contribution in [-0.4, -0.2) is 13.3 Å². The Morgan fingerprint density at radius 1 is 1.18 bits per heavy atom. The molecule has 0 aromatic heterocycles. The van der Waals surface area contributed by atoms with Gasteiger partial charge in [-0.2, -0.15) is 0 Å². The van der Waals surface area contributed by atoms with Crippen LogP contribution in [0, 0.1) is 5.92 Å². The molecular formula is C10H15N. The summed E-state index contributed by atoms with van der Waals surface area (Å²) in [7, 11) is 1.78. The minimum Gasteiger partial charge on any atom is -0.297 e. The molecule has 0 bridgehead atoms. The fourth-order valence-electron chi connectivity index (χ4n) is 1.05. The van der Waals surface area contributed by atoms with E-state index in [1.54, 1.807) is 13.3 Å². The van der Waals surface area contributed by atoms with Crippen LogP contribution in [0.25, 0.3) is 0 Å². The summed E-state index contributed by atoms with van der Waals surface area (Å²) < 4.78 is 0. The van der Waals surface area contributed by atoms with Gasteiger partial charge in [-0.1, -0.05) is 24.6 Å². The Balaban J connectivity index is 2.13. The van der Waals surface area contributed by atoms with Gasteiger partial charge in [-0.25, -0.2) is 0 Å². The van der Waals surface area contributed by atoms with Crippen LogP contribution >= 0.6 is 0 Å². The molecule has 0 aromatic carbocycles. The van der Waals surface area contributed by atoms with E-state index in [-0.39, 0.29) is 0 Å². The molecule has 60 valence electrons. The number of hydrogen-bond donors (Lipinski definition) is 0. The zero-order valence-corrected chi connectivity index (χ0v) is 7.03. The molecule has 0 unspecified atom stereocenters. The summed E-state index contributed by atoms with van der Waals surface area (Å²) in [6, 6.07) is 0. The average Bonchev–Trinajstić information content (AvgIpc) is 1.93. The van der Waals surface area contributed by atoms with Crippen LogP contribution in [-0.2, 0) is 0 Å². The van der Waals surface area contributed by atoms with Crippen LogP contribution in [0.2, 0.25) is 0 Å². The predicted molar refractivity (Wildman–Crippen MR) is 50.0 cm³/mol. The van der Waals surface area contributed by atoms with Gasteiger partial charge in [0.05, 0.1) is 0 Å². The van der Waals surface area contributed by atoms with E-state index in [9.17, 15) is 0 Å². The molecule has 0 amide bonds. The van der Waals surface area contributed by atoms with Crippen LogP contribution in [0.15, 0.2) is 29.3 Å². The topological polar surface area (TPSA) is 12.4 Å². The first-order valence-corrected chi connectivity index (χ1v) is 4.19. The van der Waals surface area contributed by atoms with Crippen molar-refractivity contribution >= 4 is 6.21 Å². The van der Waals surface area contributed by atoms with Crippen molar-refractivity contribution in [2.75, 3.05) is 7.05 Å². The molecule has 1 fully saturated rings. The lowest BCUT2D eigenvalue weighted by molar-refractivity contribution is 0.388. The van der Waals surface area contributed by atoms with Gasteiger partial charge in [0.15, 0.2) is 0 Å². The average molecular weight is 149 g/mol. The van der Waals surface area contributed by atoms with Gasteiger partial charge in [0, 0.05) is 13.3 Å². The molecule has 0 heterocycles. The number of aliphatic imine (C=N–C) groups is 1. The largest absolute Gasteiger partial charge is 0.297 e. The molecule has 0 aromatic rings. The molecule has 1 heteroatoms. The Labute approximate surface area is 68.5 Å². The predicted octanol–water partition coefficient (Wildman–Crippen LogP) is 2.60. The highest BCUT2D eigenvalue weighted by molar-refractivity contribution is 5.71. The van der Waals surface area contributed by atoms with Gasteiger partial charge in [-0.05, 0) is 24.8 Å². The summed E-state index contributed by atoms with van der Waals surface area (Å²) in [6.07, 6.45) is 14.4. The molecule has 1 aliphatic carbocycles. The van der Waals surface area contributed by atoms with Crippen LogP contribution in [0.4, 0.5) is 0 Å². The SMILES string of the molecule is C/N=C/C=C\C=C\C1CCC1. The van der Waals surface area contributed by atoms with Crippen molar-refractivity contribution in [1.82, 2.24) is 0 Å². The van der Waals surface area contributed by atoms with Gasteiger partial charge >= 0.3 is 0 Å². The number of allylic oxidation sites excluding steroid dienone is 4. The minimum absolute atomic E-state index is 0.859. The van der Waals surface area contributed by atoms with Crippen molar-refractivity contribution < 1.29 is 0 Å². The summed E-state index contributed by atoms with van der Waals surface area (Å²) in [5.41, 5.74) is 0. The maximum Gasteiger partial charge on any atom is 0.0277 e. The third kappa shape index (κ3) is 3.17. The second-order valence-corrected chi connectivity index (χ2v) is 2.87. The first kappa shape index (κ1) is 8.25. The van der Waals surface area contributed by atoms with Crippen LogP contribution in [0.3, 0.4) is 0 Å². The lowest BCUT2D eigenvalue weighted by atomic mass is 9.85. The maximum atomic E-state index is 3.84. The zero-order valence-electron chi connectivity index (χ0n) is 7.03. The van der Waals surface area contributed by atoms with E-state index in [2.05, 4.69) is 17.1 Å². The van der Waals surface area contributed by atoms with Gasteiger partial charge in [0.25, 0.3) is 0 Å². The van der Waals surface area contributed by atoms with Crippen LogP contribution in [0.5, 0.6) is 0 Å². The molecule has 0 aliphatic heterocycles. The lowest BCUT2D eigenvalue weighted by Gasteiger charge is -2.20. The maximum absolute atomic E-state index is 3.84. The normalized spacial score (nSPS) is 20.5. The van der Waals surface area contributed by atoms with E-state index in [4.69, 9.17) is 0 Å². The van der Waals surface area contributed by atoms with Crippen molar-refractivity contribution in [1.29, 1.82) is 0 Å². The summed E-state index contributed by atoms with van der Waals surface area (Å²) >= 11 is 0. The lowest BCUT2D eigenvalue weighted by Crippen LogP contribution is -2.06. The second-order valence-electron chi connectivity index (χ2n) is 2.87. The standard InChI is InChI=1S/C10H15N/c1-11-9-4-2-3-6-10-7-5-8-10/h2-4,6,9-10H,5,7-8H2,1H3/b4-2-,6-3+,11-9+. The Bertz CT molecular complexity index is 173. The molecule has 1 rings (SSSR count). The molecule has 0 atom stereocenters. The van der Waals surface area contributed by atoms with Gasteiger partial charge in [-0.3, -0.25) is 4.99 Å². The van der Waals surface area contributed by atoms with Crippen LogP contribution < -0.4 is 0 Å². The van der Waals surface area contributed by atoms with Crippen LogP contribution in [0.1, 0.15) is 19.3 Å². The summed E-state index contributed by atoms with van der Waals surface area (Å²) in [5.74, 6) is 0.859. The van der Waals surface area contributed by atoms with E-state index in [1.165, 1.54) is 19.3 Å². The number of nitrogens with zero attached hydrogens (tertiary/aromatic N) is 1. The second kappa shape index (κ2) is 4.89. The molecular weight excluding hydrogens is 134 g/mol. The summed E-state index contributed by atoms with van der Waals surface area (Å²) in [6.45, 7) is 0. The van der Waals surface area contributed by atoms with E-state index in [1.807, 2.05) is 12.2 Å². The fourth-order valence-corrected chi connectivity index (χ4v) is 1.05. The quantitative estimate of drug-likeness (QED) is 0.432. The molecule has 1 saturated carbocycles. The molecule has 11 heavy (non-hydrogen) atoms. The van der Waals surface area contributed by atoms with Crippen molar-refractivity contribution in [2.45, 2.75) is 19.3 Å². The zero-order chi connectivity index (χ0) is 7.94. The third-order valence-electron chi connectivity index (χ3n) is 1.99. The minimum atomic E-state index is 0.859. The van der Waals surface area contributed by atoms with Crippen molar-refractivity contribution in [3.05, 3.63) is 24.3 Å². The number of hydrogen-bond acceptors (Lipinski definition) is 1. The highest BCUT2D eigenvalue weighted by Gasteiger charge is 2.12. The van der Waals surface area contributed by atoms with Crippen molar-refractivity contribution in [3.8, 4) is 0 Å². The summed E-state index contributed by atoms with van der Waals surface area (Å²) in [5, 5.41) is 0. The smallest absolute Gasteiger partial charge is 0.0277 e. The first-order valence-electron chi connectivity index (χ1n) is 4.19. The van der Waals surface area contributed by atoms with Gasteiger partial charge in [0.1, 0.15) is 0 Å². The summed E-state index contributed by atoms with van der Waals surface area (Å²) in [4.78, 5) is 3.84. The molecule has 1 aliphatic rings. The van der Waals surface area contributed by atoms with Crippen molar-refractivity contribution in [2.24, 2.45) is 10.9 Å². The Hall–Kier alpha value is -0.850. The molecule has 0 radical (unpaired) electrons. The van der Waals surface area contributed by atoms with E-state index < -0.39 is 0 Å². The third-order valence-corrected chi connectivity index (χ3v) is 1.99. The van der Waals surface area contributed by atoms with Gasteiger partial charge in [-0.15, -0.1) is 0 Å².